The third-order valence-electron chi connectivity index (χ3n) is 4.61. The summed E-state index contributed by atoms with van der Waals surface area (Å²) in [6.07, 6.45) is 2.85. The summed E-state index contributed by atoms with van der Waals surface area (Å²) < 4.78 is 5.41. The number of likely N-dealkylation sites (tertiary alicyclic amines) is 1. The molecule has 1 amide bonds. The van der Waals surface area contributed by atoms with Gasteiger partial charge in [-0.05, 0) is 43.0 Å². The second-order valence-corrected chi connectivity index (χ2v) is 6.26. The lowest BCUT2D eigenvalue weighted by atomic mass is 10.0. The van der Waals surface area contributed by atoms with Crippen LogP contribution in [0.4, 0.5) is 0 Å². The minimum absolute atomic E-state index is 0.0932. The van der Waals surface area contributed by atoms with Gasteiger partial charge in [0.25, 0.3) is 5.91 Å². The minimum atomic E-state index is 0.0932. The Balaban J connectivity index is 1.78. The summed E-state index contributed by atoms with van der Waals surface area (Å²) in [4.78, 5) is 14.6. The quantitative estimate of drug-likeness (QED) is 0.942. The number of benzene rings is 2. The van der Waals surface area contributed by atoms with Gasteiger partial charge in [-0.25, -0.2) is 0 Å². The van der Waals surface area contributed by atoms with Crippen LogP contribution in [0.25, 0.3) is 11.1 Å². The third-order valence-corrected chi connectivity index (χ3v) is 4.61. The van der Waals surface area contributed by atoms with Crippen LogP contribution >= 0.6 is 0 Å². The Kier molecular flexibility index (Phi) is 5.16. The zero-order chi connectivity index (χ0) is 16.9. The van der Waals surface area contributed by atoms with Crippen LogP contribution < -0.4 is 10.5 Å². The van der Waals surface area contributed by atoms with Crippen molar-refractivity contribution in [2.24, 2.45) is 5.73 Å². The van der Waals surface area contributed by atoms with E-state index in [1.54, 1.807) is 7.11 Å². The van der Waals surface area contributed by atoms with Crippen LogP contribution in [0.1, 0.15) is 29.6 Å². The van der Waals surface area contributed by atoms with Crippen LogP contribution in [0, 0.1) is 0 Å². The SMILES string of the molecule is COc1ccccc1-c1ccc(C(=O)N2CCC[C@H](N)CC2)cc1. The van der Waals surface area contributed by atoms with Crippen molar-refractivity contribution < 1.29 is 9.53 Å². The van der Waals surface area contributed by atoms with Crippen molar-refractivity contribution >= 4 is 5.91 Å². The Morgan fingerprint density at radius 2 is 1.83 bits per heavy atom. The second kappa shape index (κ2) is 7.49. The van der Waals surface area contributed by atoms with Gasteiger partial charge < -0.3 is 15.4 Å². The van der Waals surface area contributed by atoms with Crippen LogP contribution in [0.15, 0.2) is 48.5 Å². The Labute approximate surface area is 143 Å². The molecule has 1 aliphatic heterocycles. The zero-order valence-corrected chi connectivity index (χ0v) is 14.1. The molecule has 1 fully saturated rings. The highest BCUT2D eigenvalue weighted by Gasteiger charge is 2.20. The van der Waals surface area contributed by atoms with Gasteiger partial charge in [0.2, 0.25) is 0 Å². The van der Waals surface area contributed by atoms with Gasteiger partial charge in [0, 0.05) is 30.3 Å². The first-order valence-corrected chi connectivity index (χ1v) is 8.47. The van der Waals surface area contributed by atoms with Gasteiger partial charge in [-0.2, -0.15) is 0 Å². The first-order valence-electron chi connectivity index (χ1n) is 8.47. The summed E-state index contributed by atoms with van der Waals surface area (Å²) in [5.41, 5.74) is 8.79. The largest absolute Gasteiger partial charge is 0.496 e. The Bertz CT molecular complexity index is 697. The molecule has 0 saturated carbocycles. The molecule has 0 bridgehead atoms. The normalized spacial score (nSPS) is 18.1. The Morgan fingerprint density at radius 3 is 2.58 bits per heavy atom. The highest BCUT2D eigenvalue weighted by atomic mass is 16.5. The molecule has 2 N–H and O–H groups in total. The van der Waals surface area contributed by atoms with E-state index < -0.39 is 0 Å². The molecule has 1 aliphatic rings. The fraction of sp³-hybridized carbons (Fsp3) is 0.350. The lowest BCUT2D eigenvalue weighted by Crippen LogP contribution is -2.32. The maximum Gasteiger partial charge on any atom is 0.253 e. The number of methoxy groups -OCH3 is 1. The minimum Gasteiger partial charge on any atom is -0.496 e. The molecule has 1 heterocycles. The van der Waals surface area contributed by atoms with Crippen LogP contribution in [-0.4, -0.2) is 37.0 Å². The first kappa shape index (κ1) is 16.5. The molecule has 1 atom stereocenters. The van der Waals surface area contributed by atoms with E-state index in [0.717, 1.165) is 54.8 Å². The predicted octanol–water partition coefficient (Wildman–Crippen LogP) is 3.32. The molecule has 2 aromatic rings. The van der Waals surface area contributed by atoms with Crippen molar-refractivity contribution in [2.45, 2.75) is 25.3 Å². The van der Waals surface area contributed by atoms with Crippen molar-refractivity contribution in [3.63, 3.8) is 0 Å². The molecule has 2 aromatic carbocycles. The molecule has 24 heavy (non-hydrogen) atoms. The number of carbonyl (C=O) groups excluding carboxylic acids is 1. The number of amides is 1. The van der Waals surface area contributed by atoms with Gasteiger partial charge in [0.1, 0.15) is 5.75 Å². The maximum absolute atomic E-state index is 12.7. The molecule has 0 unspecified atom stereocenters. The number of ether oxygens (including phenoxy) is 1. The number of rotatable bonds is 3. The third kappa shape index (κ3) is 3.60. The summed E-state index contributed by atoms with van der Waals surface area (Å²) in [7, 11) is 1.67. The number of nitrogens with two attached hydrogens (primary N) is 1. The number of hydrogen-bond donors (Lipinski definition) is 1. The van der Waals surface area contributed by atoms with Crippen LogP contribution in [0.5, 0.6) is 5.75 Å². The van der Waals surface area contributed by atoms with Crippen LogP contribution in [0.3, 0.4) is 0 Å². The van der Waals surface area contributed by atoms with Gasteiger partial charge in [-0.1, -0.05) is 30.3 Å². The molecule has 0 aliphatic carbocycles. The van der Waals surface area contributed by atoms with Gasteiger partial charge >= 0.3 is 0 Å². The van der Waals surface area contributed by atoms with Crippen molar-refractivity contribution in [1.29, 1.82) is 0 Å². The molecule has 4 heteroatoms. The number of para-hydroxylation sites is 1. The van der Waals surface area contributed by atoms with Crippen LogP contribution in [0.2, 0.25) is 0 Å². The van der Waals surface area contributed by atoms with E-state index in [1.807, 2.05) is 53.4 Å². The van der Waals surface area contributed by atoms with Gasteiger partial charge in [0.05, 0.1) is 7.11 Å². The molecule has 4 nitrogen and oxygen atoms in total. The molecule has 0 radical (unpaired) electrons. The van der Waals surface area contributed by atoms with E-state index in [4.69, 9.17) is 10.5 Å². The summed E-state index contributed by atoms with van der Waals surface area (Å²) in [5, 5.41) is 0. The van der Waals surface area contributed by atoms with Crippen molar-refractivity contribution in [3.8, 4) is 16.9 Å². The van der Waals surface area contributed by atoms with Crippen LogP contribution in [-0.2, 0) is 0 Å². The fourth-order valence-electron chi connectivity index (χ4n) is 3.18. The van der Waals surface area contributed by atoms with Crippen molar-refractivity contribution in [1.82, 2.24) is 4.90 Å². The maximum atomic E-state index is 12.7. The predicted molar refractivity (Wildman–Crippen MR) is 96.2 cm³/mol. The smallest absolute Gasteiger partial charge is 0.253 e. The second-order valence-electron chi connectivity index (χ2n) is 6.26. The van der Waals surface area contributed by atoms with Gasteiger partial charge in [-0.3, -0.25) is 4.79 Å². The molecule has 126 valence electrons. The summed E-state index contributed by atoms with van der Waals surface area (Å²) in [6, 6.07) is 15.9. The lowest BCUT2D eigenvalue weighted by molar-refractivity contribution is 0.0761. The van der Waals surface area contributed by atoms with E-state index >= 15 is 0 Å². The molecule has 0 spiro atoms. The van der Waals surface area contributed by atoms with E-state index in [-0.39, 0.29) is 11.9 Å². The van der Waals surface area contributed by atoms with Gasteiger partial charge in [0.15, 0.2) is 0 Å². The van der Waals surface area contributed by atoms with E-state index in [2.05, 4.69) is 0 Å². The summed E-state index contributed by atoms with van der Waals surface area (Å²) in [6.45, 7) is 1.54. The monoisotopic (exact) mass is 324 g/mol. The topological polar surface area (TPSA) is 55.6 Å². The molecule has 1 saturated heterocycles. The molecular weight excluding hydrogens is 300 g/mol. The molecule has 0 aromatic heterocycles. The van der Waals surface area contributed by atoms with E-state index in [1.165, 1.54) is 0 Å². The van der Waals surface area contributed by atoms with E-state index in [0.29, 0.717) is 0 Å². The summed E-state index contributed by atoms with van der Waals surface area (Å²) in [5.74, 6) is 0.925. The Morgan fingerprint density at radius 1 is 1.08 bits per heavy atom. The molecular formula is C20H24N2O2. The number of carbonyl (C=O) groups is 1. The number of nitrogens with zero attached hydrogens (tertiary/aromatic N) is 1. The lowest BCUT2D eigenvalue weighted by Gasteiger charge is -2.20. The number of hydrogen-bond acceptors (Lipinski definition) is 3. The highest BCUT2D eigenvalue weighted by molar-refractivity contribution is 5.94. The zero-order valence-electron chi connectivity index (χ0n) is 14.1. The van der Waals surface area contributed by atoms with Crippen molar-refractivity contribution in [3.05, 3.63) is 54.1 Å². The average Bonchev–Trinajstić information content (AvgIpc) is 2.86. The average molecular weight is 324 g/mol. The summed E-state index contributed by atoms with van der Waals surface area (Å²) >= 11 is 0. The first-order chi connectivity index (χ1) is 11.7. The van der Waals surface area contributed by atoms with Gasteiger partial charge in [-0.15, -0.1) is 0 Å². The van der Waals surface area contributed by atoms with E-state index in [9.17, 15) is 4.79 Å². The Hall–Kier alpha value is -2.33. The molecule has 3 rings (SSSR count). The fourth-order valence-corrected chi connectivity index (χ4v) is 3.18. The highest BCUT2D eigenvalue weighted by Crippen LogP contribution is 2.29. The standard InChI is InChI=1S/C20H24N2O2/c1-24-19-7-3-2-6-18(19)15-8-10-16(11-9-15)20(23)22-13-4-5-17(21)12-14-22/h2-3,6-11,17H,4-5,12-14,21H2,1H3/t17-/m0/s1. The van der Waals surface area contributed by atoms with Crippen molar-refractivity contribution in [2.75, 3.05) is 20.2 Å².